The molecule has 0 aliphatic rings. The molecule has 0 saturated heterocycles. The number of aliphatic hydroxyl groups excluding tert-OH is 3. The SMILES string of the molecule is O=[N+]([O-])c1ccc(Cl)cc1CNC(CO)(CO)CO. The maximum absolute atomic E-state index is 10.9. The van der Waals surface area contributed by atoms with Gasteiger partial charge >= 0.3 is 0 Å². The molecular formula is C11H15ClN2O5. The van der Waals surface area contributed by atoms with Gasteiger partial charge in [0.25, 0.3) is 5.69 Å². The van der Waals surface area contributed by atoms with Crippen molar-refractivity contribution in [1.29, 1.82) is 0 Å². The van der Waals surface area contributed by atoms with E-state index in [-0.39, 0.29) is 12.2 Å². The Balaban J connectivity index is 2.93. The molecule has 1 aromatic rings. The summed E-state index contributed by atoms with van der Waals surface area (Å²) in [4.78, 5) is 10.3. The van der Waals surface area contributed by atoms with Crippen LogP contribution in [0, 0.1) is 10.1 Å². The average molecular weight is 291 g/mol. The van der Waals surface area contributed by atoms with Gasteiger partial charge in [-0.05, 0) is 12.1 Å². The second-order valence-corrected chi connectivity index (χ2v) is 4.57. The van der Waals surface area contributed by atoms with Gasteiger partial charge in [0.15, 0.2) is 0 Å². The number of aliphatic hydroxyl groups is 3. The van der Waals surface area contributed by atoms with Gasteiger partial charge < -0.3 is 20.6 Å². The van der Waals surface area contributed by atoms with Crippen molar-refractivity contribution >= 4 is 17.3 Å². The maximum atomic E-state index is 10.9. The van der Waals surface area contributed by atoms with Crippen molar-refractivity contribution in [3.05, 3.63) is 38.9 Å². The topological polar surface area (TPSA) is 116 Å². The van der Waals surface area contributed by atoms with Crippen LogP contribution in [0.25, 0.3) is 0 Å². The van der Waals surface area contributed by atoms with E-state index in [0.29, 0.717) is 10.6 Å². The van der Waals surface area contributed by atoms with Gasteiger partial charge in [-0.1, -0.05) is 11.6 Å². The van der Waals surface area contributed by atoms with Crippen molar-refractivity contribution in [2.45, 2.75) is 12.1 Å². The van der Waals surface area contributed by atoms with E-state index in [1.165, 1.54) is 18.2 Å². The first-order valence-electron chi connectivity index (χ1n) is 5.48. The monoisotopic (exact) mass is 290 g/mol. The van der Waals surface area contributed by atoms with Crippen molar-refractivity contribution in [2.24, 2.45) is 0 Å². The quantitative estimate of drug-likeness (QED) is 0.417. The molecule has 1 aromatic carbocycles. The molecule has 0 radical (unpaired) electrons. The molecular weight excluding hydrogens is 276 g/mol. The molecule has 19 heavy (non-hydrogen) atoms. The molecule has 106 valence electrons. The predicted octanol–water partition coefficient (Wildman–Crippen LogP) is 0.0535. The van der Waals surface area contributed by atoms with E-state index < -0.39 is 30.3 Å². The first kappa shape index (κ1) is 15.8. The van der Waals surface area contributed by atoms with Crippen molar-refractivity contribution in [3.63, 3.8) is 0 Å². The molecule has 0 saturated carbocycles. The highest BCUT2D eigenvalue weighted by Crippen LogP contribution is 2.23. The lowest BCUT2D eigenvalue weighted by Gasteiger charge is -2.28. The van der Waals surface area contributed by atoms with Crippen LogP contribution in [-0.4, -0.2) is 45.6 Å². The molecule has 1 rings (SSSR count). The first-order chi connectivity index (χ1) is 8.98. The fourth-order valence-electron chi connectivity index (χ4n) is 1.47. The lowest BCUT2D eigenvalue weighted by molar-refractivity contribution is -0.385. The van der Waals surface area contributed by atoms with Crippen LogP contribution in [0.2, 0.25) is 5.02 Å². The Labute approximate surface area is 114 Å². The smallest absolute Gasteiger partial charge is 0.273 e. The van der Waals surface area contributed by atoms with Crippen LogP contribution < -0.4 is 5.32 Å². The minimum atomic E-state index is -1.30. The Hall–Kier alpha value is -1.25. The van der Waals surface area contributed by atoms with E-state index in [1.807, 2.05) is 0 Å². The number of nitro benzene ring substituents is 1. The summed E-state index contributed by atoms with van der Waals surface area (Å²) < 4.78 is 0. The van der Waals surface area contributed by atoms with Gasteiger partial charge in [0.1, 0.15) is 0 Å². The summed E-state index contributed by atoms with van der Waals surface area (Å²) in [5.74, 6) is 0. The second kappa shape index (κ2) is 6.78. The molecule has 0 aliphatic carbocycles. The van der Waals surface area contributed by atoms with Gasteiger partial charge in [0, 0.05) is 23.2 Å². The maximum Gasteiger partial charge on any atom is 0.273 e. The standard InChI is InChI=1S/C11H15ClN2O5/c12-9-1-2-10(14(18)19)8(3-9)4-13-11(5-15,6-16)7-17/h1-3,13,15-17H,4-7H2. The minimum absolute atomic E-state index is 0.0153. The van der Waals surface area contributed by atoms with Gasteiger partial charge in [0.2, 0.25) is 0 Å². The van der Waals surface area contributed by atoms with Gasteiger partial charge in [0.05, 0.1) is 30.3 Å². The van der Waals surface area contributed by atoms with Crippen LogP contribution in [0.3, 0.4) is 0 Å². The number of nitrogens with zero attached hydrogens (tertiary/aromatic N) is 1. The van der Waals surface area contributed by atoms with E-state index in [9.17, 15) is 10.1 Å². The van der Waals surface area contributed by atoms with Crippen LogP contribution in [0.15, 0.2) is 18.2 Å². The van der Waals surface area contributed by atoms with Gasteiger partial charge in [-0.25, -0.2) is 0 Å². The van der Waals surface area contributed by atoms with Crippen molar-refractivity contribution in [2.75, 3.05) is 19.8 Å². The van der Waals surface area contributed by atoms with Crippen LogP contribution in [0.1, 0.15) is 5.56 Å². The van der Waals surface area contributed by atoms with E-state index in [4.69, 9.17) is 26.9 Å². The zero-order valence-electron chi connectivity index (χ0n) is 10.0. The Kier molecular flexibility index (Phi) is 5.64. The summed E-state index contributed by atoms with van der Waals surface area (Å²) in [6.07, 6.45) is 0. The Morgan fingerprint density at radius 1 is 1.26 bits per heavy atom. The molecule has 4 N–H and O–H groups in total. The number of halogens is 1. The summed E-state index contributed by atoms with van der Waals surface area (Å²) in [5.41, 5.74) is -1.12. The zero-order valence-corrected chi connectivity index (χ0v) is 10.8. The van der Waals surface area contributed by atoms with Gasteiger partial charge in [-0.3, -0.25) is 10.1 Å². The lowest BCUT2D eigenvalue weighted by Crippen LogP contribution is -2.54. The zero-order chi connectivity index (χ0) is 14.5. The molecule has 0 heterocycles. The van der Waals surface area contributed by atoms with Crippen LogP contribution >= 0.6 is 11.6 Å². The lowest BCUT2D eigenvalue weighted by atomic mass is 10.0. The fraction of sp³-hybridized carbons (Fsp3) is 0.455. The second-order valence-electron chi connectivity index (χ2n) is 4.14. The molecule has 0 bridgehead atoms. The van der Waals surface area contributed by atoms with Gasteiger partial charge in [-0.15, -0.1) is 0 Å². The Bertz CT molecular complexity index is 442. The fourth-order valence-corrected chi connectivity index (χ4v) is 1.67. The third-order valence-electron chi connectivity index (χ3n) is 2.80. The normalized spacial score (nSPS) is 11.6. The molecule has 7 nitrogen and oxygen atoms in total. The van der Waals surface area contributed by atoms with E-state index in [1.54, 1.807) is 0 Å². The summed E-state index contributed by atoms with van der Waals surface area (Å²) in [6, 6.07) is 4.10. The Morgan fingerprint density at radius 2 is 1.84 bits per heavy atom. The number of benzene rings is 1. The average Bonchev–Trinajstić information content (AvgIpc) is 2.40. The van der Waals surface area contributed by atoms with E-state index >= 15 is 0 Å². The number of rotatable bonds is 7. The highest BCUT2D eigenvalue weighted by Gasteiger charge is 2.28. The highest BCUT2D eigenvalue weighted by atomic mass is 35.5. The summed E-state index contributed by atoms with van der Waals surface area (Å²) >= 11 is 5.77. The third-order valence-corrected chi connectivity index (χ3v) is 3.04. The number of nitro groups is 1. The molecule has 0 spiro atoms. The first-order valence-corrected chi connectivity index (χ1v) is 5.86. The van der Waals surface area contributed by atoms with Crippen molar-refractivity contribution < 1.29 is 20.2 Å². The number of nitrogens with one attached hydrogen (secondary N) is 1. The summed E-state index contributed by atoms with van der Waals surface area (Å²) in [6.45, 7) is -1.53. The number of hydrogen-bond acceptors (Lipinski definition) is 6. The molecule has 0 aromatic heterocycles. The third kappa shape index (κ3) is 3.85. The Morgan fingerprint density at radius 3 is 2.32 bits per heavy atom. The van der Waals surface area contributed by atoms with Crippen LogP contribution in [0.5, 0.6) is 0 Å². The minimum Gasteiger partial charge on any atom is -0.394 e. The molecule has 0 amide bonds. The van der Waals surface area contributed by atoms with Gasteiger partial charge in [-0.2, -0.15) is 0 Å². The van der Waals surface area contributed by atoms with Crippen molar-refractivity contribution in [3.8, 4) is 0 Å². The summed E-state index contributed by atoms with van der Waals surface area (Å²) in [5, 5.41) is 41.3. The number of hydrogen-bond donors (Lipinski definition) is 4. The molecule has 8 heteroatoms. The largest absolute Gasteiger partial charge is 0.394 e. The molecule has 0 fully saturated rings. The molecule has 0 aliphatic heterocycles. The van der Waals surface area contributed by atoms with E-state index in [2.05, 4.69) is 5.32 Å². The summed E-state index contributed by atoms with van der Waals surface area (Å²) in [7, 11) is 0. The predicted molar refractivity (Wildman–Crippen MR) is 68.9 cm³/mol. The highest BCUT2D eigenvalue weighted by molar-refractivity contribution is 6.30. The van der Waals surface area contributed by atoms with Crippen LogP contribution in [-0.2, 0) is 6.54 Å². The molecule has 0 unspecified atom stereocenters. The van der Waals surface area contributed by atoms with Crippen molar-refractivity contribution in [1.82, 2.24) is 5.32 Å². The molecule has 0 atom stereocenters. The van der Waals surface area contributed by atoms with Crippen LogP contribution in [0.4, 0.5) is 5.69 Å². The van der Waals surface area contributed by atoms with E-state index in [0.717, 1.165) is 0 Å².